The second-order valence-corrected chi connectivity index (χ2v) is 5.23. The lowest BCUT2D eigenvalue weighted by Gasteiger charge is -2.09. The number of benzene rings is 2. The molecular weight excluding hydrogens is 320 g/mol. The summed E-state index contributed by atoms with van der Waals surface area (Å²) in [6.07, 6.45) is 3.04. The number of carbonyl (C=O) groups is 2. The highest BCUT2D eigenvalue weighted by Crippen LogP contribution is 2.22. The van der Waals surface area contributed by atoms with Crippen LogP contribution in [0.15, 0.2) is 48.5 Å². The van der Waals surface area contributed by atoms with Crippen LogP contribution >= 0.6 is 0 Å². The van der Waals surface area contributed by atoms with Crippen LogP contribution in [-0.2, 0) is 4.79 Å². The number of nitrogens with one attached hydrogen (secondary N) is 2. The third-order valence-corrected chi connectivity index (χ3v) is 3.52. The Labute approximate surface area is 146 Å². The van der Waals surface area contributed by atoms with E-state index in [1.165, 1.54) is 20.3 Å². The maximum Gasteiger partial charge on any atom is 0.269 e. The summed E-state index contributed by atoms with van der Waals surface area (Å²) in [6, 6.07) is 12.4. The number of rotatable bonds is 5. The zero-order chi connectivity index (χ0) is 18.2. The first-order valence-electron chi connectivity index (χ1n) is 7.60. The van der Waals surface area contributed by atoms with E-state index in [2.05, 4.69) is 10.9 Å². The zero-order valence-corrected chi connectivity index (χ0v) is 14.3. The minimum atomic E-state index is -0.477. The van der Waals surface area contributed by atoms with Gasteiger partial charge in [0.2, 0.25) is 0 Å². The molecule has 0 aliphatic carbocycles. The van der Waals surface area contributed by atoms with Crippen LogP contribution in [0.3, 0.4) is 0 Å². The van der Waals surface area contributed by atoms with Gasteiger partial charge in [0, 0.05) is 17.7 Å². The van der Waals surface area contributed by atoms with Gasteiger partial charge in [-0.3, -0.25) is 20.4 Å². The zero-order valence-electron chi connectivity index (χ0n) is 14.3. The summed E-state index contributed by atoms with van der Waals surface area (Å²) in [4.78, 5) is 24.0. The average molecular weight is 340 g/mol. The van der Waals surface area contributed by atoms with E-state index in [0.717, 1.165) is 11.1 Å². The Kier molecular flexibility index (Phi) is 6.17. The highest BCUT2D eigenvalue weighted by molar-refractivity contribution is 5.98. The predicted octanol–water partition coefficient (Wildman–Crippen LogP) is 2.49. The normalized spacial score (nSPS) is 10.4. The minimum Gasteiger partial charge on any atom is -0.497 e. The molecule has 0 saturated carbocycles. The van der Waals surface area contributed by atoms with Gasteiger partial charge in [0.05, 0.1) is 14.2 Å². The fourth-order valence-electron chi connectivity index (χ4n) is 2.11. The predicted molar refractivity (Wildman–Crippen MR) is 95.4 cm³/mol. The molecule has 0 unspecified atom stereocenters. The standard InChI is InChI=1S/C19H20N2O4/c1-13-6-4-5-7-14(13)8-9-18(22)20-21-19(23)15-10-16(24-2)12-17(11-15)25-3/h4-12H,1-3H3,(H,20,22)(H,21,23)/b9-8+. The van der Waals surface area contributed by atoms with Crippen LogP contribution in [0.1, 0.15) is 21.5 Å². The molecule has 0 radical (unpaired) electrons. The Morgan fingerprint density at radius 1 is 0.960 bits per heavy atom. The number of amides is 2. The molecule has 0 fully saturated rings. The van der Waals surface area contributed by atoms with Gasteiger partial charge < -0.3 is 9.47 Å². The van der Waals surface area contributed by atoms with Crippen molar-refractivity contribution in [3.63, 3.8) is 0 Å². The van der Waals surface area contributed by atoms with E-state index in [4.69, 9.17) is 9.47 Å². The van der Waals surface area contributed by atoms with E-state index in [0.29, 0.717) is 17.1 Å². The van der Waals surface area contributed by atoms with Gasteiger partial charge in [0.15, 0.2) is 0 Å². The Bertz CT molecular complexity index is 778. The second-order valence-electron chi connectivity index (χ2n) is 5.23. The molecule has 0 bridgehead atoms. The van der Waals surface area contributed by atoms with Crippen molar-refractivity contribution in [2.45, 2.75) is 6.92 Å². The number of aryl methyl sites for hydroxylation is 1. The van der Waals surface area contributed by atoms with Crippen molar-refractivity contribution in [3.8, 4) is 11.5 Å². The van der Waals surface area contributed by atoms with Crippen molar-refractivity contribution in [2.24, 2.45) is 0 Å². The van der Waals surface area contributed by atoms with Crippen LogP contribution < -0.4 is 20.3 Å². The first-order chi connectivity index (χ1) is 12.0. The Hall–Kier alpha value is -3.28. The van der Waals surface area contributed by atoms with Crippen LogP contribution in [0.5, 0.6) is 11.5 Å². The van der Waals surface area contributed by atoms with Crippen LogP contribution in [0.2, 0.25) is 0 Å². The van der Waals surface area contributed by atoms with Gasteiger partial charge in [-0.2, -0.15) is 0 Å². The highest BCUT2D eigenvalue weighted by Gasteiger charge is 2.10. The highest BCUT2D eigenvalue weighted by atomic mass is 16.5. The number of carbonyl (C=O) groups excluding carboxylic acids is 2. The number of hydrogen-bond acceptors (Lipinski definition) is 4. The quantitative estimate of drug-likeness (QED) is 0.648. The van der Waals surface area contributed by atoms with E-state index in [9.17, 15) is 9.59 Å². The molecule has 2 aromatic rings. The lowest BCUT2D eigenvalue weighted by atomic mass is 10.1. The third-order valence-electron chi connectivity index (χ3n) is 3.52. The van der Waals surface area contributed by atoms with Crippen LogP contribution in [-0.4, -0.2) is 26.0 Å². The van der Waals surface area contributed by atoms with Crippen molar-refractivity contribution in [2.75, 3.05) is 14.2 Å². The molecule has 0 saturated heterocycles. The van der Waals surface area contributed by atoms with Gasteiger partial charge in [0.25, 0.3) is 11.8 Å². The monoisotopic (exact) mass is 340 g/mol. The lowest BCUT2D eigenvalue weighted by molar-refractivity contribution is -0.117. The molecule has 2 aromatic carbocycles. The summed E-state index contributed by atoms with van der Waals surface area (Å²) < 4.78 is 10.2. The molecular formula is C19H20N2O4. The van der Waals surface area contributed by atoms with Crippen molar-refractivity contribution in [1.82, 2.24) is 10.9 Å². The maximum atomic E-state index is 12.2. The Morgan fingerprint density at radius 2 is 1.60 bits per heavy atom. The number of hydrogen-bond donors (Lipinski definition) is 2. The van der Waals surface area contributed by atoms with E-state index < -0.39 is 11.8 Å². The summed E-state index contributed by atoms with van der Waals surface area (Å²) in [6.45, 7) is 1.95. The van der Waals surface area contributed by atoms with Crippen molar-refractivity contribution < 1.29 is 19.1 Å². The van der Waals surface area contributed by atoms with Gasteiger partial charge in [-0.05, 0) is 36.3 Å². The molecule has 0 heterocycles. The van der Waals surface area contributed by atoms with Gasteiger partial charge in [-0.1, -0.05) is 24.3 Å². The van der Waals surface area contributed by atoms with E-state index in [1.807, 2.05) is 31.2 Å². The Balaban J connectivity index is 1.97. The molecule has 25 heavy (non-hydrogen) atoms. The molecule has 0 atom stereocenters. The summed E-state index contributed by atoms with van der Waals surface area (Å²) in [5.74, 6) is 0.0480. The van der Waals surface area contributed by atoms with Crippen molar-refractivity contribution in [1.29, 1.82) is 0 Å². The van der Waals surface area contributed by atoms with Crippen molar-refractivity contribution >= 4 is 17.9 Å². The molecule has 0 aromatic heterocycles. The molecule has 6 heteroatoms. The topological polar surface area (TPSA) is 76.7 Å². The van der Waals surface area contributed by atoms with Crippen LogP contribution in [0, 0.1) is 6.92 Å². The van der Waals surface area contributed by atoms with E-state index in [1.54, 1.807) is 24.3 Å². The Morgan fingerprint density at radius 3 is 2.20 bits per heavy atom. The molecule has 0 aliphatic heterocycles. The largest absolute Gasteiger partial charge is 0.497 e. The maximum absolute atomic E-state index is 12.2. The molecule has 130 valence electrons. The van der Waals surface area contributed by atoms with Gasteiger partial charge in [0.1, 0.15) is 11.5 Å². The molecule has 0 aliphatic rings. The summed E-state index contributed by atoms with van der Waals surface area (Å²) in [5.41, 5.74) is 6.98. The van der Waals surface area contributed by atoms with Gasteiger partial charge in [-0.15, -0.1) is 0 Å². The smallest absolute Gasteiger partial charge is 0.269 e. The summed E-state index contributed by atoms with van der Waals surface area (Å²) >= 11 is 0. The average Bonchev–Trinajstić information content (AvgIpc) is 2.64. The van der Waals surface area contributed by atoms with Crippen molar-refractivity contribution in [3.05, 3.63) is 65.2 Å². The fraction of sp³-hybridized carbons (Fsp3) is 0.158. The number of hydrazine groups is 1. The third kappa shape index (κ3) is 5.10. The number of methoxy groups -OCH3 is 2. The first-order valence-corrected chi connectivity index (χ1v) is 7.60. The molecule has 2 rings (SSSR count). The van der Waals surface area contributed by atoms with Gasteiger partial charge in [-0.25, -0.2) is 0 Å². The van der Waals surface area contributed by atoms with Crippen LogP contribution in [0.4, 0.5) is 0 Å². The number of ether oxygens (including phenoxy) is 2. The van der Waals surface area contributed by atoms with E-state index >= 15 is 0 Å². The molecule has 2 amide bonds. The minimum absolute atomic E-state index is 0.305. The fourth-order valence-corrected chi connectivity index (χ4v) is 2.11. The van der Waals surface area contributed by atoms with Crippen LogP contribution in [0.25, 0.3) is 6.08 Å². The summed E-state index contributed by atoms with van der Waals surface area (Å²) in [5, 5.41) is 0. The molecule has 6 nitrogen and oxygen atoms in total. The second kappa shape index (κ2) is 8.54. The summed E-state index contributed by atoms with van der Waals surface area (Å²) in [7, 11) is 2.99. The lowest BCUT2D eigenvalue weighted by Crippen LogP contribution is -2.40. The van der Waals surface area contributed by atoms with Gasteiger partial charge >= 0.3 is 0 Å². The molecule has 0 spiro atoms. The van der Waals surface area contributed by atoms with E-state index in [-0.39, 0.29) is 0 Å². The SMILES string of the molecule is COc1cc(OC)cc(C(=O)NNC(=O)/C=C/c2ccccc2C)c1. The molecule has 2 N–H and O–H groups in total. The first kappa shape index (κ1) is 18.1.